The molecule has 0 aliphatic carbocycles. The summed E-state index contributed by atoms with van der Waals surface area (Å²) in [5.74, 6) is 0.406. The summed E-state index contributed by atoms with van der Waals surface area (Å²) >= 11 is 0. The first-order valence-electron chi connectivity index (χ1n) is 5.63. The van der Waals surface area contributed by atoms with Crippen molar-refractivity contribution in [3.05, 3.63) is 0 Å². The summed E-state index contributed by atoms with van der Waals surface area (Å²) in [6, 6.07) is 0. The number of rotatable bonds is 6. The first kappa shape index (κ1) is 13.4. The van der Waals surface area contributed by atoms with Gasteiger partial charge in [0, 0.05) is 20.2 Å². The van der Waals surface area contributed by atoms with E-state index >= 15 is 0 Å². The quantitative estimate of drug-likeness (QED) is 0.644. The van der Waals surface area contributed by atoms with Crippen molar-refractivity contribution in [2.45, 2.75) is 19.4 Å². The molecule has 2 N–H and O–H groups in total. The summed E-state index contributed by atoms with van der Waals surface area (Å²) < 4.78 is 9.98. The second kappa shape index (κ2) is 5.61. The predicted molar refractivity (Wildman–Crippen MR) is 61.0 cm³/mol. The SMILES string of the molecule is COCCOCC(=O)N1CC(N)(C(C)C)C1. The van der Waals surface area contributed by atoms with E-state index in [0.717, 1.165) is 0 Å². The first-order chi connectivity index (χ1) is 7.49. The van der Waals surface area contributed by atoms with E-state index in [1.54, 1.807) is 12.0 Å². The molecular weight excluding hydrogens is 208 g/mol. The van der Waals surface area contributed by atoms with Crippen LogP contribution in [0.1, 0.15) is 13.8 Å². The van der Waals surface area contributed by atoms with Gasteiger partial charge in [-0.1, -0.05) is 13.8 Å². The molecule has 0 unspecified atom stereocenters. The number of likely N-dealkylation sites (tertiary alicyclic amines) is 1. The van der Waals surface area contributed by atoms with Crippen LogP contribution in [0, 0.1) is 5.92 Å². The predicted octanol–water partition coefficient (Wildman–Crippen LogP) is -0.155. The van der Waals surface area contributed by atoms with Crippen LogP contribution in [0.4, 0.5) is 0 Å². The van der Waals surface area contributed by atoms with Crippen molar-refractivity contribution in [3.8, 4) is 0 Å². The van der Waals surface area contributed by atoms with Gasteiger partial charge < -0.3 is 20.1 Å². The maximum Gasteiger partial charge on any atom is 0.248 e. The molecule has 0 bridgehead atoms. The number of carbonyl (C=O) groups excluding carboxylic acids is 1. The fourth-order valence-electron chi connectivity index (χ4n) is 1.60. The molecule has 1 rings (SSSR count). The molecule has 0 radical (unpaired) electrons. The Labute approximate surface area is 96.9 Å². The van der Waals surface area contributed by atoms with E-state index in [2.05, 4.69) is 13.8 Å². The Morgan fingerprint density at radius 3 is 2.56 bits per heavy atom. The largest absolute Gasteiger partial charge is 0.382 e. The van der Waals surface area contributed by atoms with Crippen LogP contribution in [0.3, 0.4) is 0 Å². The van der Waals surface area contributed by atoms with E-state index in [4.69, 9.17) is 15.2 Å². The number of nitrogens with zero attached hydrogens (tertiary/aromatic N) is 1. The average Bonchev–Trinajstić information content (AvgIpc) is 2.19. The van der Waals surface area contributed by atoms with Crippen LogP contribution in [0.15, 0.2) is 0 Å². The van der Waals surface area contributed by atoms with Crippen molar-refractivity contribution < 1.29 is 14.3 Å². The second-order valence-corrected chi connectivity index (χ2v) is 4.68. The molecule has 0 aromatic heterocycles. The standard InChI is InChI=1S/C11H22N2O3/c1-9(2)11(12)7-13(8-11)10(14)6-16-5-4-15-3/h9H,4-8,12H2,1-3H3. The van der Waals surface area contributed by atoms with Crippen molar-refractivity contribution in [2.24, 2.45) is 11.7 Å². The summed E-state index contributed by atoms with van der Waals surface area (Å²) in [4.78, 5) is 13.3. The number of ether oxygens (including phenoxy) is 2. The molecule has 1 fully saturated rings. The summed E-state index contributed by atoms with van der Waals surface area (Å²) in [6.45, 7) is 6.52. The van der Waals surface area contributed by atoms with Crippen molar-refractivity contribution in [1.29, 1.82) is 0 Å². The summed E-state index contributed by atoms with van der Waals surface area (Å²) in [6.07, 6.45) is 0. The second-order valence-electron chi connectivity index (χ2n) is 4.68. The van der Waals surface area contributed by atoms with E-state index in [1.165, 1.54) is 0 Å². The molecule has 0 aromatic rings. The highest BCUT2D eigenvalue weighted by Gasteiger charge is 2.43. The lowest BCUT2D eigenvalue weighted by atomic mass is 9.80. The molecule has 94 valence electrons. The lowest BCUT2D eigenvalue weighted by molar-refractivity contribution is -0.145. The van der Waals surface area contributed by atoms with Gasteiger partial charge in [0.2, 0.25) is 5.91 Å². The molecule has 1 amide bonds. The summed E-state index contributed by atoms with van der Waals surface area (Å²) in [7, 11) is 1.60. The van der Waals surface area contributed by atoms with Crippen LogP contribution >= 0.6 is 0 Å². The van der Waals surface area contributed by atoms with E-state index in [0.29, 0.717) is 32.2 Å². The van der Waals surface area contributed by atoms with Gasteiger partial charge in [0.1, 0.15) is 6.61 Å². The zero-order valence-electron chi connectivity index (χ0n) is 10.4. The van der Waals surface area contributed by atoms with Gasteiger partial charge in [0.05, 0.1) is 18.8 Å². The van der Waals surface area contributed by atoms with Crippen LogP contribution in [0.25, 0.3) is 0 Å². The molecule has 5 heteroatoms. The minimum Gasteiger partial charge on any atom is -0.382 e. The third-order valence-corrected chi connectivity index (χ3v) is 3.13. The Morgan fingerprint density at radius 2 is 2.06 bits per heavy atom. The fourth-order valence-corrected chi connectivity index (χ4v) is 1.60. The first-order valence-corrected chi connectivity index (χ1v) is 5.63. The Kier molecular flexibility index (Phi) is 4.70. The molecule has 0 atom stereocenters. The van der Waals surface area contributed by atoms with Crippen molar-refractivity contribution in [3.63, 3.8) is 0 Å². The summed E-state index contributed by atoms with van der Waals surface area (Å²) in [5.41, 5.74) is 5.89. The lowest BCUT2D eigenvalue weighted by Gasteiger charge is -2.50. The van der Waals surface area contributed by atoms with E-state index < -0.39 is 0 Å². The highest BCUT2D eigenvalue weighted by atomic mass is 16.5. The zero-order chi connectivity index (χ0) is 12.2. The van der Waals surface area contributed by atoms with Crippen molar-refractivity contribution in [1.82, 2.24) is 4.90 Å². The topological polar surface area (TPSA) is 64.8 Å². The Balaban J connectivity index is 2.17. The molecule has 0 saturated carbocycles. The number of nitrogens with two attached hydrogens (primary N) is 1. The number of hydrogen-bond donors (Lipinski definition) is 1. The van der Waals surface area contributed by atoms with Crippen LogP contribution in [0.5, 0.6) is 0 Å². The minimum absolute atomic E-state index is 0.0119. The average molecular weight is 230 g/mol. The monoisotopic (exact) mass is 230 g/mol. The molecule has 5 nitrogen and oxygen atoms in total. The van der Waals surface area contributed by atoms with Crippen molar-refractivity contribution >= 4 is 5.91 Å². The van der Waals surface area contributed by atoms with Crippen molar-refractivity contribution in [2.75, 3.05) is 40.0 Å². The van der Waals surface area contributed by atoms with Gasteiger partial charge in [-0.2, -0.15) is 0 Å². The van der Waals surface area contributed by atoms with Gasteiger partial charge in [-0.3, -0.25) is 4.79 Å². The molecule has 1 saturated heterocycles. The maximum absolute atomic E-state index is 11.6. The highest BCUT2D eigenvalue weighted by molar-refractivity contribution is 5.78. The number of carbonyl (C=O) groups is 1. The number of methoxy groups -OCH3 is 1. The van der Waals surface area contributed by atoms with Gasteiger partial charge in [-0.25, -0.2) is 0 Å². The molecule has 0 spiro atoms. The molecule has 16 heavy (non-hydrogen) atoms. The van der Waals surface area contributed by atoms with Gasteiger partial charge in [-0.05, 0) is 5.92 Å². The molecular formula is C11H22N2O3. The lowest BCUT2D eigenvalue weighted by Crippen LogP contribution is -2.71. The van der Waals surface area contributed by atoms with Gasteiger partial charge in [0.25, 0.3) is 0 Å². The fraction of sp³-hybridized carbons (Fsp3) is 0.909. The van der Waals surface area contributed by atoms with Crippen LogP contribution < -0.4 is 5.73 Å². The highest BCUT2D eigenvalue weighted by Crippen LogP contribution is 2.25. The summed E-state index contributed by atoms with van der Waals surface area (Å²) in [5, 5.41) is 0. The van der Waals surface area contributed by atoms with Crippen LogP contribution in [-0.2, 0) is 14.3 Å². The van der Waals surface area contributed by atoms with E-state index in [9.17, 15) is 4.79 Å². The molecule has 1 aliphatic rings. The van der Waals surface area contributed by atoms with E-state index in [1.807, 2.05) is 0 Å². The smallest absolute Gasteiger partial charge is 0.248 e. The maximum atomic E-state index is 11.6. The van der Waals surface area contributed by atoms with E-state index in [-0.39, 0.29) is 18.1 Å². The van der Waals surface area contributed by atoms with Gasteiger partial charge in [0.15, 0.2) is 0 Å². The third kappa shape index (κ3) is 3.17. The Bertz CT molecular complexity index is 237. The van der Waals surface area contributed by atoms with Gasteiger partial charge >= 0.3 is 0 Å². The molecule has 1 aliphatic heterocycles. The van der Waals surface area contributed by atoms with Gasteiger partial charge in [-0.15, -0.1) is 0 Å². The Hall–Kier alpha value is -0.650. The number of amides is 1. The molecule has 0 aromatic carbocycles. The third-order valence-electron chi connectivity index (χ3n) is 3.13. The normalized spacial score (nSPS) is 18.7. The van der Waals surface area contributed by atoms with Crippen LogP contribution in [-0.4, -0.2) is 56.4 Å². The minimum atomic E-state index is -0.206. The molecule has 1 heterocycles. The van der Waals surface area contributed by atoms with Crippen LogP contribution in [0.2, 0.25) is 0 Å². The Morgan fingerprint density at radius 1 is 1.44 bits per heavy atom. The zero-order valence-corrected chi connectivity index (χ0v) is 10.4. The number of hydrogen-bond acceptors (Lipinski definition) is 4.